The summed E-state index contributed by atoms with van der Waals surface area (Å²) < 4.78 is 52.9. The molecule has 1 aromatic carbocycles. The summed E-state index contributed by atoms with van der Waals surface area (Å²) in [4.78, 5) is 8.94. The molecule has 0 aliphatic rings. The van der Waals surface area contributed by atoms with Crippen LogP contribution in [-0.4, -0.2) is 24.9 Å². The Kier molecular flexibility index (Phi) is 7.41. The summed E-state index contributed by atoms with van der Waals surface area (Å²) in [5.41, 5.74) is 1.42. The van der Waals surface area contributed by atoms with Gasteiger partial charge in [-0.2, -0.15) is 0 Å². The molecule has 0 heterocycles. The number of hydrazine groups is 2. The number of amides is 1. The monoisotopic (exact) mass is 314 g/mol. The predicted molar refractivity (Wildman–Crippen MR) is 65.0 cm³/mol. The van der Waals surface area contributed by atoms with E-state index in [4.69, 9.17) is 15.7 Å². The quantitative estimate of drug-likeness (QED) is 0.207. The highest BCUT2D eigenvalue weighted by molar-refractivity contribution is 5.58. The number of nitrogens with one attached hydrogen (secondary N) is 1. The third-order valence-corrected chi connectivity index (χ3v) is 2.01. The van der Waals surface area contributed by atoms with E-state index in [1.54, 1.807) is 5.43 Å². The average Bonchev–Trinajstić information content (AvgIpc) is 2.39. The number of hydrogen-bond donors (Lipinski definition) is 4. The van der Waals surface area contributed by atoms with Gasteiger partial charge in [0.2, 0.25) is 6.41 Å². The molecule has 0 radical (unpaired) electrons. The third kappa shape index (κ3) is 6.25. The van der Waals surface area contributed by atoms with Crippen LogP contribution in [0.4, 0.5) is 23.2 Å². The molecule has 0 atom stereocenters. The number of ether oxygens (including phenoxy) is 1. The van der Waals surface area contributed by atoms with Gasteiger partial charge in [0, 0.05) is 12.6 Å². The first-order chi connectivity index (χ1) is 9.67. The van der Waals surface area contributed by atoms with E-state index in [-0.39, 0.29) is 11.3 Å². The van der Waals surface area contributed by atoms with E-state index in [1.807, 2.05) is 0 Å². The number of rotatable bonds is 4. The van der Waals surface area contributed by atoms with Crippen molar-refractivity contribution < 1.29 is 32.2 Å². The second-order valence-corrected chi connectivity index (χ2v) is 3.48. The number of aliphatic hydroxyl groups is 1. The maximum absolute atomic E-state index is 13.2. The van der Waals surface area contributed by atoms with Crippen molar-refractivity contribution in [2.45, 2.75) is 13.0 Å². The number of aliphatic hydroxyl groups excluding tert-OH is 1. The van der Waals surface area contributed by atoms with Gasteiger partial charge in [-0.3, -0.25) is 10.2 Å². The first-order valence-electron chi connectivity index (χ1n) is 5.24. The van der Waals surface area contributed by atoms with Gasteiger partial charge in [-0.15, -0.1) is 13.2 Å². The number of nitrogens with zero attached hydrogens (tertiary/aromatic N) is 1. The molecule has 0 unspecified atom stereocenters. The van der Waals surface area contributed by atoms with Gasteiger partial charge in [-0.1, -0.05) is 0 Å². The topological polar surface area (TPSA) is 114 Å². The highest BCUT2D eigenvalue weighted by Gasteiger charge is 2.34. The van der Waals surface area contributed by atoms with Crippen molar-refractivity contribution in [1.82, 2.24) is 5.43 Å². The molecule has 120 valence electrons. The van der Waals surface area contributed by atoms with Crippen molar-refractivity contribution in [2.24, 2.45) is 11.7 Å². The molecule has 1 rings (SSSR count). The van der Waals surface area contributed by atoms with Crippen LogP contribution in [0.25, 0.3) is 0 Å². The van der Waals surface area contributed by atoms with Gasteiger partial charge in [0.05, 0.1) is 12.3 Å². The van der Waals surface area contributed by atoms with Crippen molar-refractivity contribution >= 4 is 12.1 Å². The fourth-order valence-electron chi connectivity index (χ4n) is 1.30. The van der Waals surface area contributed by atoms with E-state index >= 15 is 0 Å². The van der Waals surface area contributed by atoms with Crippen LogP contribution in [-0.2, 0) is 11.4 Å². The fraction of sp³-hybridized carbons (Fsp3) is 0.300. The number of carbonyl (C=O) groups is 1. The largest absolute Gasteiger partial charge is 0.573 e. The van der Waals surface area contributed by atoms with Crippen molar-refractivity contribution in [2.75, 3.05) is 12.1 Å². The van der Waals surface area contributed by atoms with Crippen LogP contribution in [0.5, 0.6) is 5.75 Å². The second kappa shape index (κ2) is 8.24. The van der Waals surface area contributed by atoms with E-state index in [1.165, 1.54) is 7.05 Å². The molecule has 1 amide bonds. The van der Waals surface area contributed by atoms with Crippen molar-refractivity contribution in [3.05, 3.63) is 23.5 Å². The van der Waals surface area contributed by atoms with Crippen LogP contribution in [0.1, 0.15) is 5.56 Å². The molecular formula is C10H14F4N4O3. The van der Waals surface area contributed by atoms with Gasteiger partial charge in [-0.25, -0.2) is 16.1 Å². The lowest BCUT2D eigenvalue weighted by Crippen LogP contribution is -2.27. The maximum atomic E-state index is 13.2. The molecule has 0 bridgehead atoms. The Morgan fingerprint density at radius 3 is 2.33 bits per heavy atom. The Hall–Kier alpha value is -2.11. The van der Waals surface area contributed by atoms with Gasteiger partial charge in [0.1, 0.15) is 0 Å². The number of carbonyl (C=O) groups excluding carboxylic acids is 1. The summed E-state index contributed by atoms with van der Waals surface area (Å²) in [6.07, 6.45) is -4.64. The zero-order chi connectivity index (χ0) is 16.6. The number of halogens is 4. The van der Waals surface area contributed by atoms with Crippen LogP contribution in [0, 0.1) is 5.82 Å². The number of anilines is 1. The molecule has 0 fully saturated rings. The molecule has 0 aliphatic carbocycles. The fourth-order valence-corrected chi connectivity index (χ4v) is 1.30. The van der Waals surface area contributed by atoms with Gasteiger partial charge >= 0.3 is 6.36 Å². The zero-order valence-electron chi connectivity index (χ0n) is 10.8. The van der Waals surface area contributed by atoms with Crippen LogP contribution >= 0.6 is 0 Å². The Morgan fingerprint density at radius 1 is 1.48 bits per heavy atom. The SMILES string of the molecule is CN(N)c1ccc(F)c(OC(F)(F)F)c1CO.NNC=O. The number of nitrogens with two attached hydrogens (primary N) is 2. The third-order valence-electron chi connectivity index (χ3n) is 2.01. The Labute approximate surface area is 117 Å². The van der Waals surface area contributed by atoms with Crippen molar-refractivity contribution in [1.29, 1.82) is 0 Å². The summed E-state index contributed by atoms with van der Waals surface area (Å²) >= 11 is 0. The van der Waals surface area contributed by atoms with Crippen LogP contribution < -0.4 is 26.9 Å². The highest BCUT2D eigenvalue weighted by Crippen LogP contribution is 2.34. The molecule has 0 aliphatic heterocycles. The molecule has 1 aromatic rings. The minimum Gasteiger partial charge on any atom is -0.402 e. The molecule has 7 nitrogen and oxygen atoms in total. The van der Waals surface area contributed by atoms with Crippen LogP contribution in [0.15, 0.2) is 12.1 Å². The zero-order valence-corrected chi connectivity index (χ0v) is 10.8. The summed E-state index contributed by atoms with van der Waals surface area (Å²) in [5.74, 6) is 7.45. The Balaban J connectivity index is 0.000000885. The predicted octanol–water partition coefficient (Wildman–Crippen LogP) is 0.133. The normalized spacial score (nSPS) is 10.3. The van der Waals surface area contributed by atoms with Crippen LogP contribution in [0.2, 0.25) is 0 Å². The maximum Gasteiger partial charge on any atom is 0.573 e. The molecular weight excluding hydrogens is 300 g/mol. The van der Waals surface area contributed by atoms with Gasteiger partial charge in [0.25, 0.3) is 0 Å². The molecule has 21 heavy (non-hydrogen) atoms. The van der Waals surface area contributed by atoms with E-state index in [0.717, 1.165) is 17.1 Å². The summed E-state index contributed by atoms with van der Waals surface area (Å²) in [6, 6.07) is 1.92. The average molecular weight is 314 g/mol. The first kappa shape index (κ1) is 18.9. The molecule has 0 spiro atoms. The molecule has 11 heteroatoms. The minimum absolute atomic E-state index is 0.0353. The summed E-state index contributed by atoms with van der Waals surface area (Å²) in [5, 5.41) is 9.93. The van der Waals surface area contributed by atoms with Gasteiger partial charge in [-0.05, 0) is 12.1 Å². The van der Waals surface area contributed by atoms with E-state index in [2.05, 4.69) is 10.6 Å². The van der Waals surface area contributed by atoms with Crippen molar-refractivity contribution in [3.8, 4) is 5.75 Å². The Morgan fingerprint density at radius 2 is 2.00 bits per heavy atom. The van der Waals surface area contributed by atoms with Gasteiger partial charge < -0.3 is 14.9 Å². The van der Waals surface area contributed by atoms with Crippen LogP contribution in [0.3, 0.4) is 0 Å². The van der Waals surface area contributed by atoms with E-state index in [0.29, 0.717) is 6.41 Å². The van der Waals surface area contributed by atoms with E-state index < -0.39 is 24.5 Å². The van der Waals surface area contributed by atoms with Crippen molar-refractivity contribution in [3.63, 3.8) is 0 Å². The Bertz CT molecular complexity index is 468. The van der Waals surface area contributed by atoms with E-state index in [9.17, 15) is 17.6 Å². The minimum atomic E-state index is -5.05. The standard InChI is InChI=1S/C9H10F4N2O2.CH4N2O/c1-15(14)7-3-2-6(10)8(5(7)4-16)17-9(11,12)13;2-3-1-4/h2-3,16H,4,14H2,1H3;1H,2H2,(H,3,4). The highest BCUT2D eigenvalue weighted by atomic mass is 19.4. The number of alkyl halides is 3. The lowest BCUT2D eigenvalue weighted by molar-refractivity contribution is -0.276. The lowest BCUT2D eigenvalue weighted by Gasteiger charge is -2.20. The summed E-state index contributed by atoms with van der Waals surface area (Å²) in [7, 11) is 1.34. The molecule has 0 aromatic heterocycles. The molecule has 0 saturated carbocycles. The second-order valence-electron chi connectivity index (χ2n) is 3.48. The molecule has 0 saturated heterocycles. The number of hydrogen-bond acceptors (Lipinski definition) is 6. The smallest absolute Gasteiger partial charge is 0.402 e. The van der Waals surface area contributed by atoms with Gasteiger partial charge in [0.15, 0.2) is 11.6 Å². The number of benzene rings is 1. The lowest BCUT2D eigenvalue weighted by atomic mass is 10.1. The molecule has 6 N–H and O–H groups in total. The summed E-state index contributed by atoms with van der Waals surface area (Å²) in [6.45, 7) is -0.833. The first-order valence-corrected chi connectivity index (χ1v) is 5.24.